The standard InChI is InChI=1S/C18H24N2O3S/c1-5-23-14(21)9-20-10-19-16-15(17(20)22)12-7-6-11(18(2,3)4)8-13(12)24-16/h10-11H,5-9H2,1-4H3. The number of aromatic nitrogens is 2. The molecule has 0 radical (unpaired) electrons. The summed E-state index contributed by atoms with van der Waals surface area (Å²) in [7, 11) is 0. The molecule has 130 valence electrons. The molecule has 5 nitrogen and oxygen atoms in total. The number of ether oxygens (including phenoxy) is 1. The van der Waals surface area contributed by atoms with Gasteiger partial charge in [-0.2, -0.15) is 0 Å². The van der Waals surface area contributed by atoms with Crippen LogP contribution < -0.4 is 5.56 Å². The van der Waals surface area contributed by atoms with Gasteiger partial charge >= 0.3 is 5.97 Å². The number of nitrogens with zero attached hydrogens (tertiary/aromatic N) is 2. The second kappa shape index (κ2) is 6.31. The highest BCUT2D eigenvalue weighted by atomic mass is 32.1. The highest BCUT2D eigenvalue weighted by molar-refractivity contribution is 7.18. The van der Waals surface area contributed by atoms with E-state index in [1.165, 1.54) is 15.8 Å². The van der Waals surface area contributed by atoms with Crippen LogP contribution >= 0.6 is 11.3 Å². The smallest absolute Gasteiger partial charge is 0.326 e. The number of rotatable bonds is 3. The first-order chi connectivity index (χ1) is 11.3. The van der Waals surface area contributed by atoms with Crippen LogP contribution in [0.2, 0.25) is 0 Å². The Balaban J connectivity index is 1.99. The van der Waals surface area contributed by atoms with Crippen molar-refractivity contribution in [2.75, 3.05) is 6.61 Å². The minimum atomic E-state index is -0.405. The van der Waals surface area contributed by atoms with E-state index >= 15 is 0 Å². The number of thiophene rings is 1. The predicted octanol–water partition coefficient (Wildman–Crippen LogP) is 3.17. The zero-order valence-corrected chi connectivity index (χ0v) is 15.5. The van der Waals surface area contributed by atoms with Crippen molar-refractivity contribution < 1.29 is 9.53 Å². The van der Waals surface area contributed by atoms with Crippen molar-refractivity contribution in [2.24, 2.45) is 11.3 Å². The highest BCUT2D eigenvalue weighted by Gasteiger charge is 2.31. The molecular formula is C18H24N2O3S. The van der Waals surface area contributed by atoms with E-state index in [4.69, 9.17) is 4.74 Å². The maximum absolute atomic E-state index is 12.8. The quantitative estimate of drug-likeness (QED) is 0.799. The summed E-state index contributed by atoms with van der Waals surface area (Å²) in [5.41, 5.74) is 1.29. The van der Waals surface area contributed by atoms with Crippen LogP contribution in [0.4, 0.5) is 0 Å². The topological polar surface area (TPSA) is 61.2 Å². The van der Waals surface area contributed by atoms with E-state index in [9.17, 15) is 9.59 Å². The molecule has 2 aromatic rings. The second-order valence-corrected chi connectivity index (χ2v) is 8.56. The van der Waals surface area contributed by atoms with Crippen molar-refractivity contribution in [2.45, 2.75) is 53.5 Å². The van der Waals surface area contributed by atoms with Crippen molar-refractivity contribution in [1.29, 1.82) is 0 Å². The Kier molecular flexibility index (Phi) is 4.51. The van der Waals surface area contributed by atoms with Crippen LogP contribution in [-0.2, 0) is 28.9 Å². The first-order valence-corrected chi connectivity index (χ1v) is 9.28. The second-order valence-electron chi connectivity index (χ2n) is 7.47. The molecule has 0 saturated heterocycles. The summed E-state index contributed by atoms with van der Waals surface area (Å²) in [6.07, 6.45) is 4.48. The van der Waals surface area contributed by atoms with E-state index in [1.54, 1.807) is 18.3 Å². The molecule has 2 heterocycles. The van der Waals surface area contributed by atoms with Crippen LogP contribution in [0, 0.1) is 11.3 Å². The fourth-order valence-corrected chi connectivity index (χ4v) is 4.66. The van der Waals surface area contributed by atoms with Crippen molar-refractivity contribution in [3.05, 3.63) is 27.1 Å². The SMILES string of the molecule is CCOC(=O)Cn1cnc2sc3c(c2c1=O)CCC(C(C)(C)C)C3. The normalized spacial score (nSPS) is 17.8. The summed E-state index contributed by atoms with van der Waals surface area (Å²) in [4.78, 5) is 31.0. The Morgan fingerprint density at radius 3 is 2.88 bits per heavy atom. The van der Waals surface area contributed by atoms with Gasteiger partial charge < -0.3 is 4.74 Å². The molecule has 3 rings (SSSR count). The van der Waals surface area contributed by atoms with Gasteiger partial charge in [0.2, 0.25) is 0 Å². The van der Waals surface area contributed by atoms with Crippen molar-refractivity contribution >= 4 is 27.5 Å². The maximum atomic E-state index is 12.8. The number of hydrogen-bond acceptors (Lipinski definition) is 5. The molecule has 0 fully saturated rings. The number of hydrogen-bond donors (Lipinski definition) is 0. The zero-order valence-electron chi connectivity index (χ0n) is 14.7. The molecule has 1 aliphatic carbocycles. The van der Waals surface area contributed by atoms with Gasteiger partial charge in [0.15, 0.2) is 0 Å². The Bertz CT molecular complexity index is 829. The molecule has 0 N–H and O–H groups in total. The molecule has 0 aromatic carbocycles. The molecule has 0 amide bonds. The summed E-state index contributed by atoms with van der Waals surface area (Å²) in [6.45, 7) is 8.82. The van der Waals surface area contributed by atoms with Gasteiger partial charge in [-0.1, -0.05) is 20.8 Å². The Morgan fingerprint density at radius 2 is 2.21 bits per heavy atom. The van der Waals surface area contributed by atoms with Crippen LogP contribution in [0.5, 0.6) is 0 Å². The molecule has 0 spiro atoms. The summed E-state index contributed by atoms with van der Waals surface area (Å²) in [5, 5.41) is 0.703. The lowest BCUT2D eigenvalue weighted by atomic mass is 9.72. The van der Waals surface area contributed by atoms with Crippen LogP contribution in [0.3, 0.4) is 0 Å². The molecule has 6 heteroatoms. The summed E-state index contributed by atoms with van der Waals surface area (Å²) in [6, 6.07) is 0. The third-order valence-electron chi connectivity index (χ3n) is 4.87. The average molecular weight is 348 g/mol. The van der Waals surface area contributed by atoms with Gasteiger partial charge in [0.25, 0.3) is 5.56 Å². The van der Waals surface area contributed by atoms with Crippen LogP contribution in [-0.4, -0.2) is 22.1 Å². The fraction of sp³-hybridized carbons (Fsp3) is 0.611. The Morgan fingerprint density at radius 1 is 1.46 bits per heavy atom. The van der Waals surface area contributed by atoms with E-state index in [0.29, 0.717) is 17.9 Å². The summed E-state index contributed by atoms with van der Waals surface area (Å²) in [5.74, 6) is 0.220. The predicted molar refractivity (Wildman–Crippen MR) is 95.5 cm³/mol. The minimum Gasteiger partial charge on any atom is -0.465 e. The molecule has 0 aliphatic heterocycles. The Labute approximate surface area is 145 Å². The van der Waals surface area contributed by atoms with Gasteiger partial charge in [-0.25, -0.2) is 4.98 Å². The molecule has 0 bridgehead atoms. The van der Waals surface area contributed by atoms with Gasteiger partial charge in [-0.05, 0) is 43.1 Å². The average Bonchev–Trinajstić information content (AvgIpc) is 2.87. The van der Waals surface area contributed by atoms with E-state index in [0.717, 1.165) is 29.7 Å². The third-order valence-corrected chi connectivity index (χ3v) is 6.03. The van der Waals surface area contributed by atoms with Gasteiger partial charge in [-0.15, -0.1) is 11.3 Å². The zero-order chi connectivity index (χ0) is 17.5. The number of fused-ring (bicyclic) bond motifs is 3. The van der Waals surface area contributed by atoms with Gasteiger partial charge in [0.1, 0.15) is 11.4 Å². The summed E-state index contributed by atoms with van der Waals surface area (Å²) < 4.78 is 6.30. The van der Waals surface area contributed by atoms with Crippen molar-refractivity contribution in [3.63, 3.8) is 0 Å². The molecule has 1 atom stereocenters. The summed E-state index contributed by atoms with van der Waals surface area (Å²) >= 11 is 1.63. The van der Waals surface area contributed by atoms with Crippen molar-refractivity contribution in [1.82, 2.24) is 9.55 Å². The van der Waals surface area contributed by atoms with Gasteiger partial charge in [-0.3, -0.25) is 14.2 Å². The molecule has 1 aliphatic rings. The molecule has 24 heavy (non-hydrogen) atoms. The van der Waals surface area contributed by atoms with Gasteiger partial charge in [0.05, 0.1) is 18.3 Å². The lowest BCUT2D eigenvalue weighted by molar-refractivity contribution is -0.143. The molecule has 0 saturated carbocycles. The van der Waals surface area contributed by atoms with E-state index < -0.39 is 5.97 Å². The monoisotopic (exact) mass is 348 g/mol. The number of carbonyl (C=O) groups is 1. The fourth-order valence-electron chi connectivity index (χ4n) is 3.40. The number of esters is 1. The molecular weight excluding hydrogens is 324 g/mol. The van der Waals surface area contributed by atoms with Crippen LogP contribution in [0.25, 0.3) is 10.2 Å². The Hall–Kier alpha value is -1.69. The lowest BCUT2D eigenvalue weighted by Gasteiger charge is -2.33. The maximum Gasteiger partial charge on any atom is 0.326 e. The van der Waals surface area contributed by atoms with Crippen molar-refractivity contribution in [3.8, 4) is 0 Å². The van der Waals surface area contributed by atoms with Crippen LogP contribution in [0.15, 0.2) is 11.1 Å². The minimum absolute atomic E-state index is 0.0785. The largest absolute Gasteiger partial charge is 0.465 e. The van der Waals surface area contributed by atoms with E-state index in [2.05, 4.69) is 25.8 Å². The van der Waals surface area contributed by atoms with E-state index in [-0.39, 0.29) is 17.5 Å². The first kappa shape index (κ1) is 17.1. The first-order valence-electron chi connectivity index (χ1n) is 8.46. The lowest BCUT2D eigenvalue weighted by Crippen LogP contribution is -2.28. The number of carbonyl (C=O) groups excluding carboxylic acids is 1. The third kappa shape index (κ3) is 3.11. The molecule has 2 aromatic heterocycles. The highest BCUT2D eigenvalue weighted by Crippen LogP contribution is 2.41. The van der Waals surface area contributed by atoms with E-state index in [1.807, 2.05) is 0 Å². The van der Waals surface area contributed by atoms with Crippen LogP contribution in [0.1, 0.15) is 44.6 Å². The number of aryl methyl sites for hydroxylation is 1. The van der Waals surface area contributed by atoms with Gasteiger partial charge in [0, 0.05) is 4.88 Å². The molecule has 1 unspecified atom stereocenters.